The minimum absolute atomic E-state index is 0.0903. The number of ether oxygens (including phenoxy) is 1. The first-order chi connectivity index (χ1) is 4.62. The van der Waals surface area contributed by atoms with Gasteiger partial charge in [0.2, 0.25) is 0 Å². The third-order valence-corrected chi connectivity index (χ3v) is 1.08. The summed E-state index contributed by atoms with van der Waals surface area (Å²) in [4.78, 5) is 0. The van der Waals surface area contributed by atoms with Crippen LogP contribution in [-0.4, -0.2) is 40.9 Å². The van der Waals surface area contributed by atoms with Crippen molar-refractivity contribution in [2.24, 2.45) is 0 Å². The molecule has 0 aliphatic rings. The summed E-state index contributed by atoms with van der Waals surface area (Å²) in [5.41, 5.74) is 0. The van der Waals surface area contributed by atoms with E-state index in [4.69, 9.17) is 20.1 Å². The van der Waals surface area contributed by atoms with E-state index in [0.717, 1.165) is 0 Å². The lowest BCUT2D eigenvalue weighted by Crippen LogP contribution is -2.30. The van der Waals surface area contributed by atoms with E-state index in [2.05, 4.69) is 0 Å². The first kappa shape index (κ1) is 9.84. The Kier molecular flexibility index (Phi) is 4.55. The maximum absolute atomic E-state index is 9.15. The molecule has 0 heterocycles. The molecule has 0 aromatic rings. The topological polar surface area (TPSA) is 69.9 Å². The fraction of sp³-hybridized carbons (Fsp3) is 1.00. The van der Waals surface area contributed by atoms with E-state index in [0.29, 0.717) is 0 Å². The molecule has 0 aromatic heterocycles. The Labute approximate surface area is 60.1 Å². The van der Waals surface area contributed by atoms with E-state index < -0.39 is 5.79 Å². The second-order valence-electron chi connectivity index (χ2n) is 2.22. The molecule has 0 spiro atoms. The lowest BCUT2D eigenvalue weighted by molar-refractivity contribution is -0.202. The molecule has 0 amide bonds. The van der Waals surface area contributed by atoms with Gasteiger partial charge in [-0.2, -0.15) is 0 Å². The van der Waals surface area contributed by atoms with Gasteiger partial charge in [0, 0.05) is 13.0 Å². The van der Waals surface area contributed by atoms with E-state index in [1.165, 1.54) is 6.92 Å². The van der Waals surface area contributed by atoms with Crippen LogP contribution in [0, 0.1) is 0 Å². The Bertz CT molecular complexity index is 81.8. The molecule has 62 valence electrons. The van der Waals surface area contributed by atoms with Crippen LogP contribution in [0.5, 0.6) is 0 Å². The lowest BCUT2D eigenvalue weighted by Gasteiger charge is -2.21. The zero-order valence-electron chi connectivity index (χ0n) is 6.08. The first-order valence-corrected chi connectivity index (χ1v) is 3.20. The summed E-state index contributed by atoms with van der Waals surface area (Å²) in [5.74, 6) is -1.31. The van der Waals surface area contributed by atoms with E-state index in [-0.39, 0.29) is 26.2 Å². The Hall–Kier alpha value is -0.160. The van der Waals surface area contributed by atoms with Crippen LogP contribution in [0.3, 0.4) is 0 Å². The molecule has 4 nitrogen and oxygen atoms in total. The minimum atomic E-state index is -1.31. The van der Waals surface area contributed by atoms with Crippen LogP contribution >= 0.6 is 0 Å². The van der Waals surface area contributed by atoms with E-state index in [1.807, 2.05) is 0 Å². The number of hydrogen-bond donors (Lipinski definition) is 3. The van der Waals surface area contributed by atoms with Crippen molar-refractivity contribution in [1.82, 2.24) is 0 Å². The van der Waals surface area contributed by atoms with Crippen molar-refractivity contribution < 1.29 is 20.1 Å². The van der Waals surface area contributed by atoms with Gasteiger partial charge in [0.05, 0.1) is 13.2 Å². The standard InChI is InChI=1S/C6H14O4/c1-6(9,2-3-7)10-5-4-8/h7-9H,2-5H2,1H3. The number of rotatable bonds is 5. The summed E-state index contributed by atoms with van der Waals surface area (Å²) in [5, 5.41) is 25.9. The van der Waals surface area contributed by atoms with Crippen LogP contribution in [0.4, 0.5) is 0 Å². The van der Waals surface area contributed by atoms with Crippen LogP contribution in [0.25, 0.3) is 0 Å². The quantitative estimate of drug-likeness (QED) is 0.443. The van der Waals surface area contributed by atoms with Gasteiger partial charge in [-0.25, -0.2) is 0 Å². The molecule has 0 saturated carbocycles. The van der Waals surface area contributed by atoms with Crippen LogP contribution < -0.4 is 0 Å². The Balaban J connectivity index is 3.42. The molecule has 0 saturated heterocycles. The van der Waals surface area contributed by atoms with Crippen molar-refractivity contribution >= 4 is 0 Å². The smallest absolute Gasteiger partial charge is 0.164 e. The van der Waals surface area contributed by atoms with Crippen LogP contribution in [0.2, 0.25) is 0 Å². The molecule has 0 rings (SSSR count). The summed E-state index contributed by atoms with van der Waals surface area (Å²) in [6.45, 7) is 1.28. The maximum atomic E-state index is 9.15. The summed E-state index contributed by atoms with van der Waals surface area (Å²) < 4.78 is 4.76. The van der Waals surface area contributed by atoms with Crippen LogP contribution in [0.15, 0.2) is 0 Å². The second kappa shape index (κ2) is 4.62. The highest BCUT2D eigenvalue weighted by Crippen LogP contribution is 2.09. The predicted octanol–water partition coefficient (Wildman–Crippen LogP) is -0.914. The summed E-state index contributed by atoms with van der Waals surface area (Å²) in [7, 11) is 0. The molecule has 0 aliphatic heterocycles. The number of aliphatic hydroxyl groups excluding tert-OH is 2. The fourth-order valence-electron chi connectivity index (χ4n) is 0.545. The second-order valence-corrected chi connectivity index (χ2v) is 2.22. The predicted molar refractivity (Wildman–Crippen MR) is 35.4 cm³/mol. The van der Waals surface area contributed by atoms with Gasteiger partial charge in [-0.15, -0.1) is 0 Å². The Morgan fingerprint density at radius 1 is 1.30 bits per heavy atom. The molecule has 0 bridgehead atoms. The third-order valence-electron chi connectivity index (χ3n) is 1.08. The molecular formula is C6H14O4. The van der Waals surface area contributed by atoms with Crippen molar-refractivity contribution in [1.29, 1.82) is 0 Å². The molecule has 0 fully saturated rings. The molecular weight excluding hydrogens is 136 g/mol. The highest BCUT2D eigenvalue weighted by Gasteiger charge is 2.18. The fourth-order valence-corrected chi connectivity index (χ4v) is 0.545. The van der Waals surface area contributed by atoms with Crippen LogP contribution in [-0.2, 0) is 4.74 Å². The lowest BCUT2D eigenvalue weighted by atomic mass is 10.2. The van der Waals surface area contributed by atoms with Gasteiger partial charge in [-0.1, -0.05) is 0 Å². The van der Waals surface area contributed by atoms with E-state index >= 15 is 0 Å². The molecule has 0 aliphatic carbocycles. The van der Waals surface area contributed by atoms with Gasteiger partial charge in [0.15, 0.2) is 5.79 Å². The number of aliphatic hydroxyl groups is 3. The maximum Gasteiger partial charge on any atom is 0.164 e. The zero-order valence-corrected chi connectivity index (χ0v) is 6.08. The Morgan fingerprint density at radius 2 is 1.90 bits per heavy atom. The summed E-state index contributed by atoms with van der Waals surface area (Å²) >= 11 is 0. The molecule has 1 atom stereocenters. The van der Waals surface area contributed by atoms with Crippen molar-refractivity contribution in [3.63, 3.8) is 0 Å². The third kappa shape index (κ3) is 4.69. The van der Waals surface area contributed by atoms with Gasteiger partial charge in [-0.3, -0.25) is 0 Å². The van der Waals surface area contributed by atoms with Crippen molar-refractivity contribution in [2.45, 2.75) is 19.1 Å². The largest absolute Gasteiger partial charge is 0.396 e. The summed E-state index contributed by atoms with van der Waals surface area (Å²) in [6.07, 6.45) is 0.160. The first-order valence-electron chi connectivity index (χ1n) is 3.20. The minimum Gasteiger partial charge on any atom is -0.396 e. The SMILES string of the molecule is CC(O)(CCO)OCCO. The molecule has 1 unspecified atom stereocenters. The number of hydrogen-bond acceptors (Lipinski definition) is 4. The Morgan fingerprint density at radius 3 is 2.30 bits per heavy atom. The normalized spacial score (nSPS) is 16.8. The monoisotopic (exact) mass is 150 g/mol. The highest BCUT2D eigenvalue weighted by atomic mass is 16.6. The average Bonchev–Trinajstić information content (AvgIpc) is 1.84. The molecule has 4 heteroatoms. The summed E-state index contributed by atoms with van der Waals surface area (Å²) in [6, 6.07) is 0. The molecule has 0 radical (unpaired) electrons. The average molecular weight is 150 g/mol. The van der Waals surface area contributed by atoms with E-state index in [9.17, 15) is 0 Å². The van der Waals surface area contributed by atoms with Crippen LogP contribution in [0.1, 0.15) is 13.3 Å². The zero-order chi connectivity index (χ0) is 8.04. The van der Waals surface area contributed by atoms with E-state index in [1.54, 1.807) is 0 Å². The van der Waals surface area contributed by atoms with Gasteiger partial charge >= 0.3 is 0 Å². The van der Waals surface area contributed by atoms with Gasteiger partial charge in [-0.05, 0) is 6.92 Å². The van der Waals surface area contributed by atoms with Gasteiger partial charge < -0.3 is 20.1 Å². The molecule has 3 N–H and O–H groups in total. The highest BCUT2D eigenvalue weighted by molar-refractivity contribution is 4.57. The molecule has 0 aromatic carbocycles. The van der Waals surface area contributed by atoms with Crippen molar-refractivity contribution in [3.05, 3.63) is 0 Å². The van der Waals surface area contributed by atoms with Gasteiger partial charge in [0.25, 0.3) is 0 Å². The van der Waals surface area contributed by atoms with Crippen molar-refractivity contribution in [2.75, 3.05) is 19.8 Å². The van der Waals surface area contributed by atoms with Gasteiger partial charge in [0.1, 0.15) is 0 Å². The van der Waals surface area contributed by atoms with Crippen molar-refractivity contribution in [3.8, 4) is 0 Å². The molecule has 10 heavy (non-hydrogen) atoms.